The van der Waals surface area contributed by atoms with E-state index < -0.39 is 5.91 Å². The van der Waals surface area contributed by atoms with Gasteiger partial charge in [-0.15, -0.1) is 0 Å². The number of carbonyl (C=O) groups excluding carboxylic acids is 2. The Balaban J connectivity index is 1.90. The lowest BCUT2D eigenvalue weighted by molar-refractivity contribution is 0.0752. The molecule has 0 unspecified atom stereocenters. The van der Waals surface area contributed by atoms with Gasteiger partial charge in [0, 0.05) is 30.8 Å². The SMILES string of the molecule is CCN(C(=O)c1cc(OCc2ccccc2)cc(C(=O)N=C(N)/C=C\NC)c1)C1CC1. The number of amides is 2. The summed E-state index contributed by atoms with van der Waals surface area (Å²) < 4.78 is 5.91. The summed E-state index contributed by atoms with van der Waals surface area (Å²) in [6.07, 6.45) is 5.09. The van der Waals surface area contributed by atoms with Crippen LogP contribution in [-0.2, 0) is 6.61 Å². The Bertz CT molecular complexity index is 982. The summed E-state index contributed by atoms with van der Waals surface area (Å²) in [4.78, 5) is 31.5. The average Bonchev–Trinajstić information content (AvgIpc) is 3.62. The molecule has 31 heavy (non-hydrogen) atoms. The van der Waals surface area contributed by atoms with Crippen molar-refractivity contribution in [3.05, 3.63) is 77.5 Å². The van der Waals surface area contributed by atoms with E-state index in [9.17, 15) is 9.59 Å². The number of nitrogens with zero attached hydrogens (tertiary/aromatic N) is 2. The van der Waals surface area contributed by atoms with Crippen LogP contribution >= 0.6 is 0 Å². The van der Waals surface area contributed by atoms with Crippen LogP contribution in [0.2, 0.25) is 0 Å². The summed E-state index contributed by atoms with van der Waals surface area (Å²) >= 11 is 0. The van der Waals surface area contributed by atoms with Gasteiger partial charge >= 0.3 is 0 Å². The monoisotopic (exact) mass is 420 g/mol. The van der Waals surface area contributed by atoms with E-state index >= 15 is 0 Å². The first-order valence-corrected chi connectivity index (χ1v) is 10.4. The zero-order valence-electron chi connectivity index (χ0n) is 17.9. The van der Waals surface area contributed by atoms with Crippen molar-refractivity contribution >= 4 is 17.6 Å². The van der Waals surface area contributed by atoms with Crippen molar-refractivity contribution in [3.63, 3.8) is 0 Å². The van der Waals surface area contributed by atoms with Gasteiger partial charge in [-0.3, -0.25) is 9.59 Å². The lowest BCUT2D eigenvalue weighted by atomic mass is 10.1. The van der Waals surface area contributed by atoms with Crippen molar-refractivity contribution in [2.45, 2.75) is 32.4 Å². The molecule has 0 aliphatic heterocycles. The van der Waals surface area contributed by atoms with E-state index in [1.807, 2.05) is 42.2 Å². The van der Waals surface area contributed by atoms with E-state index in [2.05, 4.69) is 10.3 Å². The van der Waals surface area contributed by atoms with Crippen molar-refractivity contribution in [1.82, 2.24) is 10.2 Å². The number of nitrogens with two attached hydrogens (primary N) is 1. The summed E-state index contributed by atoms with van der Waals surface area (Å²) in [5.74, 6) is -0.149. The topological polar surface area (TPSA) is 97.0 Å². The summed E-state index contributed by atoms with van der Waals surface area (Å²) in [6, 6.07) is 14.8. The first kappa shape index (κ1) is 22.1. The van der Waals surface area contributed by atoms with E-state index in [0.717, 1.165) is 18.4 Å². The zero-order chi connectivity index (χ0) is 22.2. The van der Waals surface area contributed by atoms with Gasteiger partial charge in [0.1, 0.15) is 18.2 Å². The van der Waals surface area contributed by atoms with Crippen molar-refractivity contribution in [2.75, 3.05) is 13.6 Å². The highest BCUT2D eigenvalue weighted by Crippen LogP contribution is 2.29. The molecule has 2 amide bonds. The molecule has 3 rings (SSSR count). The summed E-state index contributed by atoms with van der Waals surface area (Å²) in [7, 11) is 1.72. The lowest BCUT2D eigenvalue weighted by Gasteiger charge is -2.21. The molecule has 7 heteroatoms. The third-order valence-corrected chi connectivity index (χ3v) is 4.89. The Morgan fingerprint density at radius 3 is 2.55 bits per heavy atom. The standard InChI is InChI=1S/C24H28N4O3/c1-3-28(20-9-10-20)24(30)19-13-18(23(29)27-22(25)11-12-26-2)14-21(15-19)31-16-17-7-5-4-6-8-17/h4-8,11-15,20,26H,3,9-10,16H2,1-2H3,(H2,25,27,29)/b12-11-. The van der Waals surface area contributed by atoms with E-state index in [4.69, 9.17) is 10.5 Å². The maximum absolute atomic E-state index is 13.1. The van der Waals surface area contributed by atoms with Crippen molar-refractivity contribution in [1.29, 1.82) is 0 Å². The summed E-state index contributed by atoms with van der Waals surface area (Å²) in [5, 5.41) is 2.79. The third kappa shape index (κ3) is 6.18. The summed E-state index contributed by atoms with van der Waals surface area (Å²) in [5.41, 5.74) is 7.42. The molecule has 0 radical (unpaired) electrons. The minimum Gasteiger partial charge on any atom is -0.489 e. The molecule has 2 aromatic carbocycles. The Labute approximate surface area is 182 Å². The second-order valence-electron chi connectivity index (χ2n) is 7.31. The Morgan fingerprint density at radius 2 is 1.90 bits per heavy atom. The van der Waals surface area contributed by atoms with Gasteiger partial charge in [-0.2, -0.15) is 4.99 Å². The van der Waals surface area contributed by atoms with Crippen LogP contribution in [0.15, 0.2) is 65.8 Å². The van der Waals surface area contributed by atoms with Crippen LogP contribution in [0.25, 0.3) is 0 Å². The van der Waals surface area contributed by atoms with Crippen molar-refractivity contribution in [3.8, 4) is 5.75 Å². The molecule has 0 saturated heterocycles. The van der Waals surface area contributed by atoms with E-state index in [-0.39, 0.29) is 23.3 Å². The highest BCUT2D eigenvalue weighted by molar-refractivity contribution is 6.07. The minimum atomic E-state index is -0.535. The Kier molecular flexibility index (Phi) is 7.43. The molecule has 162 valence electrons. The third-order valence-electron chi connectivity index (χ3n) is 4.89. The number of rotatable bonds is 9. The van der Waals surface area contributed by atoms with Crippen LogP contribution < -0.4 is 15.8 Å². The smallest absolute Gasteiger partial charge is 0.279 e. The molecule has 2 aromatic rings. The Hall–Kier alpha value is -3.61. The minimum absolute atomic E-state index is 0.0657. The first-order valence-electron chi connectivity index (χ1n) is 10.4. The largest absolute Gasteiger partial charge is 0.489 e. The normalized spacial score (nSPS) is 13.8. The van der Waals surface area contributed by atoms with Gasteiger partial charge in [-0.05, 0) is 55.8 Å². The summed E-state index contributed by atoms with van der Waals surface area (Å²) in [6.45, 7) is 2.89. The number of ether oxygens (including phenoxy) is 1. The first-order chi connectivity index (χ1) is 15.0. The molecule has 0 atom stereocenters. The molecule has 7 nitrogen and oxygen atoms in total. The molecular weight excluding hydrogens is 392 g/mol. The van der Waals surface area contributed by atoms with Crippen LogP contribution in [0.1, 0.15) is 46.0 Å². The maximum Gasteiger partial charge on any atom is 0.279 e. The van der Waals surface area contributed by atoms with Gasteiger partial charge in [-0.25, -0.2) is 0 Å². The quantitative estimate of drug-likeness (QED) is 0.480. The second-order valence-corrected chi connectivity index (χ2v) is 7.31. The molecule has 0 spiro atoms. The average molecular weight is 421 g/mol. The molecule has 3 N–H and O–H groups in total. The van der Waals surface area contributed by atoms with E-state index in [0.29, 0.717) is 24.5 Å². The van der Waals surface area contributed by atoms with Crippen LogP contribution in [0.5, 0.6) is 5.75 Å². The van der Waals surface area contributed by atoms with Gasteiger partial charge in [0.25, 0.3) is 11.8 Å². The predicted octanol–water partition coefficient (Wildman–Crippen LogP) is 3.12. The lowest BCUT2D eigenvalue weighted by Crippen LogP contribution is -2.33. The van der Waals surface area contributed by atoms with Crippen molar-refractivity contribution in [2.24, 2.45) is 10.7 Å². The molecule has 0 bridgehead atoms. The molecule has 0 heterocycles. The number of aliphatic imine (C=N–C) groups is 1. The van der Waals surface area contributed by atoms with Gasteiger partial charge < -0.3 is 20.7 Å². The molecule has 0 aromatic heterocycles. The molecule has 1 aliphatic rings. The zero-order valence-corrected chi connectivity index (χ0v) is 17.9. The van der Waals surface area contributed by atoms with Crippen molar-refractivity contribution < 1.29 is 14.3 Å². The molecule has 1 aliphatic carbocycles. The van der Waals surface area contributed by atoms with Crippen LogP contribution in [0, 0.1) is 0 Å². The van der Waals surface area contributed by atoms with Crippen LogP contribution in [0.4, 0.5) is 0 Å². The Morgan fingerprint density at radius 1 is 1.19 bits per heavy atom. The molecular formula is C24H28N4O3. The van der Waals surface area contributed by atoms with Crippen LogP contribution in [0.3, 0.4) is 0 Å². The number of benzene rings is 2. The highest BCUT2D eigenvalue weighted by Gasteiger charge is 2.32. The van der Waals surface area contributed by atoms with Crippen LogP contribution in [-0.4, -0.2) is 42.2 Å². The number of hydrogen-bond donors (Lipinski definition) is 2. The molecule has 1 fully saturated rings. The fourth-order valence-corrected chi connectivity index (χ4v) is 3.18. The fourth-order valence-electron chi connectivity index (χ4n) is 3.18. The van der Waals surface area contributed by atoms with E-state index in [1.165, 1.54) is 6.08 Å². The highest BCUT2D eigenvalue weighted by atomic mass is 16.5. The maximum atomic E-state index is 13.1. The van der Waals surface area contributed by atoms with E-state index in [1.54, 1.807) is 31.4 Å². The fraction of sp³-hybridized carbons (Fsp3) is 0.292. The van der Waals surface area contributed by atoms with Gasteiger partial charge in [-0.1, -0.05) is 30.3 Å². The second kappa shape index (κ2) is 10.4. The number of carbonyl (C=O) groups is 2. The number of hydrogen-bond acceptors (Lipinski definition) is 4. The van der Waals surface area contributed by atoms with Gasteiger partial charge in [0.05, 0.1) is 0 Å². The van der Waals surface area contributed by atoms with Gasteiger partial charge in [0.15, 0.2) is 0 Å². The molecule has 1 saturated carbocycles. The predicted molar refractivity (Wildman–Crippen MR) is 121 cm³/mol. The number of nitrogens with one attached hydrogen (secondary N) is 1. The number of amidine groups is 1. The van der Waals surface area contributed by atoms with Gasteiger partial charge in [0.2, 0.25) is 0 Å².